The zero-order valence-corrected chi connectivity index (χ0v) is 19.2. The lowest BCUT2D eigenvalue weighted by Gasteiger charge is -2.29. The quantitative estimate of drug-likeness (QED) is 0.631. The van der Waals surface area contributed by atoms with Crippen LogP contribution in [0.4, 0.5) is 4.39 Å². The van der Waals surface area contributed by atoms with Crippen molar-refractivity contribution in [3.8, 4) is 0 Å². The molecule has 0 bridgehead atoms. The highest BCUT2D eigenvalue weighted by atomic mass is 32.2. The molecule has 1 amide bonds. The summed E-state index contributed by atoms with van der Waals surface area (Å²) in [4.78, 5) is 27.4. The van der Waals surface area contributed by atoms with Crippen LogP contribution < -0.4 is 4.72 Å². The van der Waals surface area contributed by atoms with Crippen LogP contribution in [0.5, 0.6) is 0 Å². The topological polar surface area (TPSA) is 92.8 Å². The predicted octanol–water partition coefficient (Wildman–Crippen LogP) is 3.08. The Morgan fingerprint density at radius 3 is 2.58 bits per heavy atom. The number of sulfonamides is 1. The van der Waals surface area contributed by atoms with Crippen molar-refractivity contribution >= 4 is 33.2 Å². The molecule has 0 fully saturated rings. The summed E-state index contributed by atoms with van der Waals surface area (Å²) in [6, 6.07) is 5.46. The predicted molar refractivity (Wildman–Crippen MR) is 115 cm³/mol. The summed E-state index contributed by atoms with van der Waals surface area (Å²) in [6.45, 7) is 4.43. The van der Waals surface area contributed by atoms with E-state index in [1.54, 1.807) is 4.90 Å². The highest BCUT2D eigenvalue weighted by molar-refractivity contribution is 7.91. The monoisotopic (exact) mass is 468 g/mol. The highest BCUT2D eigenvalue weighted by Crippen LogP contribution is 2.37. The van der Waals surface area contributed by atoms with Crippen molar-refractivity contribution in [3.05, 3.63) is 51.7 Å². The van der Waals surface area contributed by atoms with Gasteiger partial charge in [-0.05, 0) is 36.1 Å². The Morgan fingerprint density at radius 1 is 1.29 bits per heavy atom. The zero-order valence-electron chi connectivity index (χ0n) is 17.6. The fourth-order valence-electron chi connectivity index (χ4n) is 3.40. The minimum absolute atomic E-state index is 0.0139. The van der Waals surface area contributed by atoms with E-state index in [4.69, 9.17) is 4.74 Å². The number of methoxy groups -OCH3 is 1. The second-order valence-electron chi connectivity index (χ2n) is 7.43. The molecule has 31 heavy (non-hydrogen) atoms. The van der Waals surface area contributed by atoms with E-state index in [1.165, 1.54) is 31.4 Å². The summed E-state index contributed by atoms with van der Waals surface area (Å²) in [6.07, 6.45) is 1.10. The van der Waals surface area contributed by atoms with Crippen molar-refractivity contribution in [1.29, 1.82) is 0 Å². The third-order valence-electron chi connectivity index (χ3n) is 5.38. The van der Waals surface area contributed by atoms with Gasteiger partial charge in [0.1, 0.15) is 10.0 Å². The third-order valence-corrected chi connectivity index (χ3v) is 8.52. The number of halogens is 1. The van der Waals surface area contributed by atoms with Gasteiger partial charge in [0.15, 0.2) is 0 Å². The van der Waals surface area contributed by atoms with E-state index in [1.807, 2.05) is 13.8 Å². The van der Waals surface area contributed by atoms with Crippen LogP contribution >= 0.6 is 11.3 Å². The van der Waals surface area contributed by atoms with Crippen molar-refractivity contribution < 1.29 is 27.1 Å². The molecular formula is C21H25FN2O5S2. The van der Waals surface area contributed by atoms with Gasteiger partial charge in [-0.2, -0.15) is 0 Å². The maximum absolute atomic E-state index is 13.1. The van der Waals surface area contributed by atoms with Gasteiger partial charge in [0, 0.05) is 23.9 Å². The third kappa shape index (κ3) is 4.97. The molecule has 10 heteroatoms. The Bertz CT molecular complexity index is 1080. The maximum atomic E-state index is 13.1. The van der Waals surface area contributed by atoms with Crippen LogP contribution in [0.25, 0.3) is 0 Å². The van der Waals surface area contributed by atoms with E-state index in [0.717, 1.165) is 11.3 Å². The van der Waals surface area contributed by atoms with E-state index >= 15 is 0 Å². The Balaban J connectivity index is 1.91. The number of benzene rings is 1. The highest BCUT2D eigenvalue weighted by Gasteiger charge is 2.35. The number of thiophene rings is 1. The van der Waals surface area contributed by atoms with Crippen molar-refractivity contribution in [3.63, 3.8) is 0 Å². The van der Waals surface area contributed by atoms with Gasteiger partial charge >= 0.3 is 5.97 Å². The number of carbonyl (C=O) groups excluding carboxylic acids is 2. The van der Waals surface area contributed by atoms with Crippen LogP contribution in [0, 0.1) is 11.7 Å². The van der Waals surface area contributed by atoms with Gasteiger partial charge in [-0.15, -0.1) is 11.3 Å². The number of esters is 1. The number of hydrogen-bond donors (Lipinski definition) is 1. The Hall–Kier alpha value is -2.30. The maximum Gasteiger partial charge on any atom is 0.340 e. The number of fused-ring (bicyclic) bond motifs is 1. The van der Waals surface area contributed by atoms with Crippen LogP contribution in [0.15, 0.2) is 28.5 Å². The molecule has 7 nitrogen and oxygen atoms in total. The second-order valence-corrected chi connectivity index (χ2v) is 10.5. The number of ether oxygens (including phenoxy) is 1. The average Bonchev–Trinajstić information content (AvgIpc) is 3.17. The molecule has 0 spiro atoms. The first kappa shape index (κ1) is 23.4. The first-order valence-electron chi connectivity index (χ1n) is 9.93. The van der Waals surface area contributed by atoms with Crippen LogP contribution in [0.2, 0.25) is 0 Å². The van der Waals surface area contributed by atoms with Crippen LogP contribution in [-0.4, -0.2) is 38.8 Å². The van der Waals surface area contributed by atoms with Gasteiger partial charge < -0.3 is 9.64 Å². The van der Waals surface area contributed by atoms with Crippen LogP contribution in [0.1, 0.15) is 46.6 Å². The van der Waals surface area contributed by atoms with Crippen molar-refractivity contribution in [2.24, 2.45) is 5.92 Å². The molecule has 2 heterocycles. The number of nitrogens with one attached hydrogen (secondary N) is 1. The standard InChI is InChI=1S/C21H25FN2O5S2/c1-4-13(2)19(25)24-10-9-16-17(12-24)30-21(18(16)20(26)29-3)31(27,28)23-11-14-5-7-15(22)8-6-14/h5-8,13,23H,4,9-12H2,1-3H3/t13-/m1/s1. The zero-order chi connectivity index (χ0) is 22.8. The molecule has 0 radical (unpaired) electrons. The summed E-state index contributed by atoms with van der Waals surface area (Å²) < 4.78 is 46.4. The SMILES string of the molecule is CC[C@@H](C)C(=O)N1CCc2c(sc(S(=O)(=O)NCc3ccc(F)cc3)c2C(=O)OC)C1. The minimum Gasteiger partial charge on any atom is -0.465 e. The molecule has 0 aliphatic carbocycles. The average molecular weight is 469 g/mol. The molecule has 0 saturated carbocycles. The lowest BCUT2D eigenvalue weighted by molar-refractivity contribution is -0.135. The second kappa shape index (κ2) is 9.46. The molecule has 0 saturated heterocycles. The van der Waals surface area contributed by atoms with Gasteiger partial charge in [0.25, 0.3) is 10.0 Å². The lowest BCUT2D eigenvalue weighted by atomic mass is 10.0. The van der Waals surface area contributed by atoms with Gasteiger partial charge in [-0.25, -0.2) is 22.3 Å². The van der Waals surface area contributed by atoms with Gasteiger partial charge in [0.2, 0.25) is 5.91 Å². The Kier molecular flexibility index (Phi) is 7.13. The number of carbonyl (C=O) groups is 2. The van der Waals surface area contributed by atoms with E-state index in [9.17, 15) is 22.4 Å². The molecular weight excluding hydrogens is 443 g/mol. The summed E-state index contributed by atoms with van der Waals surface area (Å²) >= 11 is 0.985. The van der Waals surface area contributed by atoms with Crippen LogP contribution in [0.3, 0.4) is 0 Å². The number of hydrogen-bond acceptors (Lipinski definition) is 6. The summed E-state index contributed by atoms with van der Waals surface area (Å²) in [5.41, 5.74) is 1.23. The minimum atomic E-state index is -4.04. The molecule has 1 aromatic heterocycles. The first-order valence-corrected chi connectivity index (χ1v) is 12.2. The van der Waals surface area contributed by atoms with Gasteiger partial charge in [-0.3, -0.25) is 4.79 Å². The molecule has 1 aliphatic rings. The van der Waals surface area contributed by atoms with E-state index in [0.29, 0.717) is 35.4 Å². The molecule has 0 unspecified atom stereocenters. The summed E-state index contributed by atoms with van der Waals surface area (Å²) in [5, 5.41) is 0. The lowest BCUT2D eigenvalue weighted by Crippen LogP contribution is -2.38. The molecule has 3 rings (SSSR count). The Labute approximate surface area is 185 Å². The summed E-state index contributed by atoms with van der Waals surface area (Å²) in [5.74, 6) is -1.24. The molecule has 168 valence electrons. The number of nitrogens with zero attached hydrogens (tertiary/aromatic N) is 1. The first-order chi connectivity index (χ1) is 14.7. The van der Waals surface area contributed by atoms with E-state index in [2.05, 4.69) is 4.72 Å². The molecule has 1 N–H and O–H groups in total. The van der Waals surface area contributed by atoms with Crippen molar-refractivity contribution in [1.82, 2.24) is 9.62 Å². The van der Waals surface area contributed by atoms with E-state index < -0.39 is 21.8 Å². The normalized spacial score (nSPS) is 14.8. The molecule has 1 aromatic carbocycles. The molecule has 2 aromatic rings. The van der Waals surface area contributed by atoms with Gasteiger partial charge in [-0.1, -0.05) is 26.0 Å². The van der Waals surface area contributed by atoms with Crippen molar-refractivity contribution in [2.75, 3.05) is 13.7 Å². The number of amides is 1. The van der Waals surface area contributed by atoms with Gasteiger partial charge in [0.05, 0.1) is 19.2 Å². The molecule has 1 aliphatic heterocycles. The largest absolute Gasteiger partial charge is 0.465 e. The smallest absolute Gasteiger partial charge is 0.340 e. The fraction of sp³-hybridized carbons (Fsp3) is 0.429. The molecule has 1 atom stereocenters. The van der Waals surface area contributed by atoms with E-state index in [-0.39, 0.29) is 34.7 Å². The Morgan fingerprint density at radius 2 is 1.97 bits per heavy atom. The summed E-state index contributed by atoms with van der Waals surface area (Å²) in [7, 11) is -2.83. The number of rotatable bonds is 7. The fourth-order valence-corrected chi connectivity index (χ4v) is 6.36. The van der Waals surface area contributed by atoms with Crippen molar-refractivity contribution in [2.45, 2.75) is 44.0 Å². The van der Waals surface area contributed by atoms with Crippen LogP contribution in [-0.2, 0) is 39.1 Å².